The summed E-state index contributed by atoms with van der Waals surface area (Å²) < 4.78 is 18.8. The van der Waals surface area contributed by atoms with Crippen LogP contribution in [0.5, 0.6) is 5.75 Å². The fraction of sp³-hybridized carbons (Fsp3) is 0.367. The zero-order valence-electron chi connectivity index (χ0n) is 21.9. The van der Waals surface area contributed by atoms with E-state index in [-0.39, 0.29) is 30.7 Å². The van der Waals surface area contributed by atoms with Crippen molar-refractivity contribution in [2.75, 3.05) is 37.7 Å². The molecule has 0 fully saturated rings. The third kappa shape index (κ3) is 7.86. The van der Waals surface area contributed by atoms with Crippen molar-refractivity contribution in [3.05, 3.63) is 90.0 Å². The van der Waals surface area contributed by atoms with Crippen LogP contribution in [0.15, 0.2) is 73.1 Å². The predicted octanol–water partition coefficient (Wildman–Crippen LogP) is 4.67. The molecule has 0 bridgehead atoms. The standard InChI is InChI=1S/C30H35FN4O3/c1-24(36)35-19-6-17-33(22-25-7-4-15-32-21-25)16-5-18-34(23-26-8-2-3-9-29(26)35)30(37)14-20-38-28-12-10-27(31)11-13-28/h2-4,7-13,15,21H,5-6,14,16-20,22-23H2,1H3. The van der Waals surface area contributed by atoms with Crippen molar-refractivity contribution in [2.45, 2.75) is 39.3 Å². The summed E-state index contributed by atoms with van der Waals surface area (Å²) in [7, 11) is 0. The molecule has 0 saturated heterocycles. The van der Waals surface area contributed by atoms with E-state index in [0.29, 0.717) is 25.4 Å². The summed E-state index contributed by atoms with van der Waals surface area (Å²) in [4.78, 5) is 36.3. The van der Waals surface area contributed by atoms with Gasteiger partial charge in [0.15, 0.2) is 0 Å². The highest BCUT2D eigenvalue weighted by atomic mass is 19.1. The van der Waals surface area contributed by atoms with Gasteiger partial charge in [0.1, 0.15) is 11.6 Å². The SMILES string of the molecule is CC(=O)N1CCCN(Cc2cccnc2)CCCN(C(=O)CCOc2ccc(F)cc2)Cc2ccccc21. The van der Waals surface area contributed by atoms with E-state index in [4.69, 9.17) is 4.74 Å². The number of aromatic nitrogens is 1. The average molecular weight is 519 g/mol. The maximum Gasteiger partial charge on any atom is 0.226 e. The van der Waals surface area contributed by atoms with Gasteiger partial charge in [-0.3, -0.25) is 19.5 Å². The molecule has 0 radical (unpaired) electrons. The van der Waals surface area contributed by atoms with Crippen LogP contribution in [-0.2, 0) is 22.7 Å². The van der Waals surface area contributed by atoms with Gasteiger partial charge in [0, 0.05) is 64.3 Å². The molecule has 4 rings (SSSR count). The molecule has 3 aromatic rings. The van der Waals surface area contributed by atoms with E-state index in [1.807, 2.05) is 46.3 Å². The molecular formula is C30H35FN4O3. The molecule has 0 atom stereocenters. The number of para-hydroxylation sites is 1. The monoisotopic (exact) mass is 518 g/mol. The third-order valence-electron chi connectivity index (χ3n) is 6.66. The van der Waals surface area contributed by atoms with Gasteiger partial charge in [-0.05, 0) is 60.4 Å². The third-order valence-corrected chi connectivity index (χ3v) is 6.66. The van der Waals surface area contributed by atoms with Crippen molar-refractivity contribution >= 4 is 17.5 Å². The smallest absolute Gasteiger partial charge is 0.226 e. The fourth-order valence-electron chi connectivity index (χ4n) is 4.76. The molecule has 7 nitrogen and oxygen atoms in total. The molecular weight excluding hydrogens is 483 g/mol. The number of rotatable bonds is 6. The molecule has 1 aliphatic rings. The summed E-state index contributed by atoms with van der Waals surface area (Å²) >= 11 is 0. The van der Waals surface area contributed by atoms with Gasteiger partial charge in [0.05, 0.1) is 13.0 Å². The van der Waals surface area contributed by atoms with Crippen molar-refractivity contribution in [1.82, 2.24) is 14.8 Å². The quantitative estimate of drug-likeness (QED) is 0.475. The van der Waals surface area contributed by atoms with E-state index in [1.165, 1.54) is 12.1 Å². The van der Waals surface area contributed by atoms with Crippen LogP contribution in [0.2, 0.25) is 0 Å². The van der Waals surface area contributed by atoms with E-state index in [1.54, 1.807) is 25.3 Å². The minimum absolute atomic E-state index is 0.0149. The number of carbonyl (C=O) groups excluding carboxylic acids is 2. The molecule has 2 aromatic carbocycles. The van der Waals surface area contributed by atoms with Crippen LogP contribution < -0.4 is 9.64 Å². The lowest BCUT2D eigenvalue weighted by Gasteiger charge is -2.31. The highest BCUT2D eigenvalue weighted by Crippen LogP contribution is 2.24. The largest absolute Gasteiger partial charge is 0.493 e. The van der Waals surface area contributed by atoms with E-state index >= 15 is 0 Å². The summed E-state index contributed by atoms with van der Waals surface area (Å²) in [5.41, 5.74) is 2.93. The van der Waals surface area contributed by atoms with Gasteiger partial charge in [-0.1, -0.05) is 24.3 Å². The number of anilines is 1. The van der Waals surface area contributed by atoms with Crippen molar-refractivity contribution in [1.29, 1.82) is 0 Å². The minimum Gasteiger partial charge on any atom is -0.493 e. The highest BCUT2D eigenvalue weighted by molar-refractivity contribution is 5.92. The maximum absolute atomic E-state index is 13.3. The van der Waals surface area contributed by atoms with Crippen molar-refractivity contribution < 1.29 is 18.7 Å². The Labute approximate surface area is 223 Å². The molecule has 0 saturated carbocycles. The Bertz CT molecular complexity index is 1190. The lowest BCUT2D eigenvalue weighted by atomic mass is 10.1. The van der Waals surface area contributed by atoms with Gasteiger partial charge in [-0.15, -0.1) is 0 Å². The first kappa shape index (κ1) is 27.3. The summed E-state index contributed by atoms with van der Waals surface area (Å²) in [5, 5.41) is 0. The van der Waals surface area contributed by atoms with Crippen LogP contribution in [-0.4, -0.2) is 59.4 Å². The summed E-state index contributed by atoms with van der Waals surface area (Å²) in [5.74, 6) is 0.163. The number of pyridine rings is 1. The van der Waals surface area contributed by atoms with Crippen molar-refractivity contribution in [2.24, 2.45) is 0 Å². The van der Waals surface area contributed by atoms with Crippen LogP contribution >= 0.6 is 0 Å². The van der Waals surface area contributed by atoms with Crippen LogP contribution in [0.4, 0.5) is 10.1 Å². The first-order chi connectivity index (χ1) is 18.5. The maximum atomic E-state index is 13.3. The molecule has 200 valence electrons. The summed E-state index contributed by atoms with van der Waals surface area (Å²) in [6, 6.07) is 17.6. The first-order valence-electron chi connectivity index (χ1n) is 13.1. The van der Waals surface area contributed by atoms with Gasteiger partial charge in [-0.2, -0.15) is 0 Å². The highest BCUT2D eigenvalue weighted by Gasteiger charge is 2.21. The van der Waals surface area contributed by atoms with Gasteiger partial charge in [-0.25, -0.2) is 4.39 Å². The molecule has 0 aliphatic carbocycles. The number of hydrogen-bond acceptors (Lipinski definition) is 5. The summed E-state index contributed by atoms with van der Waals surface area (Å²) in [6.07, 6.45) is 5.52. The average Bonchev–Trinajstić information content (AvgIpc) is 2.91. The second kappa shape index (κ2) is 13.7. The van der Waals surface area contributed by atoms with Crippen molar-refractivity contribution in [3.63, 3.8) is 0 Å². The van der Waals surface area contributed by atoms with Crippen LogP contribution in [0.1, 0.15) is 37.3 Å². The number of amides is 2. The Balaban J connectivity index is 1.50. The molecule has 0 unspecified atom stereocenters. The lowest BCUT2D eigenvalue weighted by molar-refractivity contribution is -0.132. The first-order valence-corrected chi connectivity index (χ1v) is 13.1. The number of halogens is 1. The molecule has 2 heterocycles. The Kier molecular flexibility index (Phi) is 9.81. The summed E-state index contributed by atoms with van der Waals surface area (Å²) in [6.45, 7) is 5.83. The number of carbonyl (C=O) groups is 2. The molecule has 0 spiro atoms. The number of ether oxygens (including phenoxy) is 1. The van der Waals surface area contributed by atoms with Crippen LogP contribution in [0.25, 0.3) is 0 Å². The second-order valence-electron chi connectivity index (χ2n) is 9.51. The van der Waals surface area contributed by atoms with Gasteiger partial charge in [0.25, 0.3) is 0 Å². The zero-order chi connectivity index (χ0) is 26.7. The minimum atomic E-state index is -0.330. The van der Waals surface area contributed by atoms with Gasteiger partial charge >= 0.3 is 0 Å². The molecule has 8 heteroatoms. The predicted molar refractivity (Wildman–Crippen MR) is 145 cm³/mol. The number of fused-ring (bicyclic) bond motifs is 1. The number of hydrogen-bond donors (Lipinski definition) is 0. The molecule has 1 aliphatic heterocycles. The van der Waals surface area contributed by atoms with Gasteiger partial charge in [0.2, 0.25) is 11.8 Å². The second-order valence-corrected chi connectivity index (χ2v) is 9.51. The van der Waals surface area contributed by atoms with E-state index < -0.39 is 0 Å². The Morgan fingerprint density at radius 2 is 1.71 bits per heavy atom. The molecule has 38 heavy (non-hydrogen) atoms. The molecule has 2 amide bonds. The Morgan fingerprint density at radius 1 is 0.947 bits per heavy atom. The number of nitrogens with zero attached hydrogens (tertiary/aromatic N) is 4. The Morgan fingerprint density at radius 3 is 2.45 bits per heavy atom. The topological polar surface area (TPSA) is 66.0 Å². The van der Waals surface area contributed by atoms with Crippen LogP contribution in [0, 0.1) is 5.82 Å². The van der Waals surface area contributed by atoms with E-state index in [2.05, 4.69) is 16.0 Å². The van der Waals surface area contributed by atoms with E-state index in [0.717, 1.165) is 49.3 Å². The lowest BCUT2D eigenvalue weighted by Crippen LogP contribution is -2.38. The number of benzene rings is 2. The molecule has 1 aromatic heterocycles. The molecule has 0 N–H and O–H groups in total. The normalized spacial score (nSPS) is 15.2. The van der Waals surface area contributed by atoms with Gasteiger partial charge < -0.3 is 14.5 Å². The Hall–Kier alpha value is -3.78. The zero-order valence-corrected chi connectivity index (χ0v) is 21.9. The van der Waals surface area contributed by atoms with Crippen LogP contribution in [0.3, 0.4) is 0 Å². The fourth-order valence-corrected chi connectivity index (χ4v) is 4.76. The van der Waals surface area contributed by atoms with Crippen molar-refractivity contribution in [3.8, 4) is 5.75 Å². The van der Waals surface area contributed by atoms with E-state index in [9.17, 15) is 14.0 Å².